The summed E-state index contributed by atoms with van der Waals surface area (Å²) >= 11 is 1.32. The number of aliphatic hydroxyl groups is 1. The molecule has 0 aliphatic carbocycles. The Hall–Kier alpha value is -0.470. The predicted octanol–water partition coefficient (Wildman–Crippen LogP) is 1.35. The van der Waals surface area contributed by atoms with Crippen LogP contribution < -0.4 is 0 Å². The molecule has 0 aromatic carbocycles. The SMILES string of the molecule is Cc1sc(CO)cc1S(=O)(=O)N1CCOC(C)(C)C1. The lowest BCUT2D eigenvalue weighted by Crippen LogP contribution is -2.50. The first-order valence-electron chi connectivity index (χ1n) is 6.10. The van der Waals surface area contributed by atoms with Crippen LogP contribution in [0.5, 0.6) is 0 Å². The van der Waals surface area contributed by atoms with Gasteiger partial charge in [-0.05, 0) is 26.8 Å². The first-order chi connectivity index (χ1) is 8.76. The monoisotopic (exact) mass is 305 g/mol. The van der Waals surface area contributed by atoms with E-state index >= 15 is 0 Å². The van der Waals surface area contributed by atoms with Crippen LogP contribution in [0.25, 0.3) is 0 Å². The van der Waals surface area contributed by atoms with Gasteiger partial charge in [-0.2, -0.15) is 4.31 Å². The number of aliphatic hydroxyl groups excluding tert-OH is 1. The van der Waals surface area contributed by atoms with Crippen molar-refractivity contribution < 1.29 is 18.3 Å². The molecule has 0 bridgehead atoms. The van der Waals surface area contributed by atoms with Gasteiger partial charge in [0.2, 0.25) is 10.0 Å². The molecule has 0 spiro atoms. The first-order valence-corrected chi connectivity index (χ1v) is 8.36. The highest BCUT2D eigenvalue weighted by molar-refractivity contribution is 7.89. The molecule has 108 valence electrons. The molecule has 0 radical (unpaired) electrons. The highest BCUT2D eigenvalue weighted by Gasteiger charge is 2.36. The number of sulfonamides is 1. The quantitative estimate of drug-likeness (QED) is 0.915. The zero-order valence-electron chi connectivity index (χ0n) is 11.3. The lowest BCUT2D eigenvalue weighted by atomic mass is 10.1. The van der Waals surface area contributed by atoms with Crippen molar-refractivity contribution in [2.75, 3.05) is 19.7 Å². The Balaban J connectivity index is 2.34. The summed E-state index contributed by atoms with van der Waals surface area (Å²) in [5.74, 6) is 0. The molecule has 1 aromatic rings. The van der Waals surface area contributed by atoms with Crippen molar-refractivity contribution in [2.45, 2.75) is 37.9 Å². The number of nitrogens with zero attached hydrogens (tertiary/aromatic N) is 1. The fraction of sp³-hybridized carbons (Fsp3) is 0.667. The Kier molecular flexibility index (Phi) is 4.04. The van der Waals surface area contributed by atoms with Crippen molar-refractivity contribution >= 4 is 21.4 Å². The number of hydrogen-bond donors (Lipinski definition) is 1. The first kappa shape index (κ1) is 14.9. The Labute approximate surface area is 117 Å². The topological polar surface area (TPSA) is 66.8 Å². The van der Waals surface area contributed by atoms with Gasteiger partial charge in [0.1, 0.15) is 0 Å². The van der Waals surface area contributed by atoms with Crippen LogP contribution in [0, 0.1) is 6.92 Å². The van der Waals surface area contributed by atoms with Gasteiger partial charge in [-0.1, -0.05) is 0 Å². The largest absolute Gasteiger partial charge is 0.391 e. The summed E-state index contributed by atoms with van der Waals surface area (Å²) < 4.78 is 32.2. The van der Waals surface area contributed by atoms with E-state index in [0.29, 0.717) is 34.3 Å². The summed E-state index contributed by atoms with van der Waals surface area (Å²) in [6.45, 7) is 6.53. The normalized spacial score (nSPS) is 20.6. The molecule has 5 nitrogen and oxygen atoms in total. The minimum atomic E-state index is -3.50. The number of ether oxygens (including phenoxy) is 1. The molecule has 2 rings (SSSR count). The fourth-order valence-corrected chi connectivity index (χ4v) is 5.21. The van der Waals surface area contributed by atoms with Gasteiger partial charge in [0.05, 0.1) is 23.7 Å². The molecule has 19 heavy (non-hydrogen) atoms. The molecule has 0 saturated carbocycles. The van der Waals surface area contributed by atoms with Crippen LogP contribution in [0.4, 0.5) is 0 Å². The smallest absolute Gasteiger partial charge is 0.244 e. The van der Waals surface area contributed by atoms with Crippen molar-refractivity contribution in [2.24, 2.45) is 0 Å². The van der Waals surface area contributed by atoms with Gasteiger partial charge in [0.25, 0.3) is 0 Å². The van der Waals surface area contributed by atoms with Crippen LogP contribution in [0.15, 0.2) is 11.0 Å². The van der Waals surface area contributed by atoms with Gasteiger partial charge in [0, 0.05) is 22.8 Å². The van der Waals surface area contributed by atoms with Crippen molar-refractivity contribution in [3.8, 4) is 0 Å². The fourth-order valence-electron chi connectivity index (χ4n) is 2.18. The summed E-state index contributed by atoms with van der Waals surface area (Å²) in [7, 11) is -3.50. The van der Waals surface area contributed by atoms with Crippen molar-refractivity contribution in [1.29, 1.82) is 0 Å². The third-order valence-corrected chi connectivity index (χ3v) is 6.22. The molecule has 0 amide bonds. The predicted molar refractivity (Wildman–Crippen MR) is 73.8 cm³/mol. The van der Waals surface area contributed by atoms with Gasteiger partial charge in [-0.15, -0.1) is 11.3 Å². The maximum Gasteiger partial charge on any atom is 0.244 e. The van der Waals surface area contributed by atoms with Gasteiger partial charge in [-0.3, -0.25) is 0 Å². The number of thiophene rings is 1. The summed E-state index contributed by atoms with van der Waals surface area (Å²) in [5, 5.41) is 9.12. The maximum absolute atomic E-state index is 12.6. The average molecular weight is 305 g/mol. The lowest BCUT2D eigenvalue weighted by molar-refractivity contribution is -0.0640. The molecule has 1 saturated heterocycles. The van der Waals surface area contributed by atoms with Gasteiger partial charge < -0.3 is 9.84 Å². The van der Waals surface area contributed by atoms with Crippen LogP contribution in [0.3, 0.4) is 0 Å². The standard InChI is InChI=1S/C12H19NO4S2/c1-9-11(6-10(7-14)18-9)19(15,16)13-4-5-17-12(2,3)8-13/h6,14H,4-5,7-8H2,1-3H3. The van der Waals surface area contributed by atoms with Gasteiger partial charge >= 0.3 is 0 Å². The molecule has 0 atom stereocenters. The molecule has 1 aliphatic rings. The van der Waals surface area contributed by atoms with Crippen LogP contribution in [-0.2, 0) is 21.4 Å². The molecule has 1 fully saturated rings. The second-order valence-electron chi connectivity index (χ2n) is 5.24. The Morgan fingerprint density at radius 1 is 1.53 bits per heavy atom. The molecular weight excluding hydrogens is 286 g/mol. The highest BCUT2D eigenvalue weighted by atomic mass is 32.2. The molecule has 0 unspecified atom stereocenters. The Bertz CT molecular complexity index is 562. The van der Waals surface area contributed by atoms with E-state index < -0.39 is 15.6 Å². The molecule has 7 heteroatoms. The van der Waals surface area contributed by atoms with Crippen LogP contribution in [-0.4, -0.2) is 43.1 Å². The zero-order chi connectivity index (χ0) is 14.3. The van der Waals surface area contributed by atoms with Gasteiger partial charge in [0.15, 0.2) is 0 Å². The summed E-state index contributed by atoms with van der Waals surface area (Å²) in [6, 6.07) is 1.57. The number of hydrogen-bond acceptors (Lipinski definition) is 5. The van der Waals surface area contributed by atoms with E-state index in [1.807, 2.05) is 13.8 Å². The van der Waals surface area contributed by atoms with Crippen LogP contribution >= 0.6 is 11.3 Å². The van der Waals surface area contributed by atoms with Crippen molar-refractivity contribution in [3.63, 3.8) is 0 Å². The highest BCUT2D eigenvalue weighted by Crippen LogP contribution is 2.30. The number of morpholine rings is 1. The maximum atomic E-state index is 12.6. The Morgan fingerprint density at radius 3 is 2.74 bits per heavy atom. The van der Waals surface area contributed by atoms with E-state index in [2.05, 4.69) is 0 Å². The summed E-state index contributed by atoms with van der Waals surface area (Å²) in [4.78, 5) is 1.69. The number of rotatable bonds is 3. The summed E-state index contributed by atoms with van der Waals surface area (Å²) in [6.07, 6.45) is 0. The number of aryl methyl sites for hydroxylation is 1. The minimum Gasteiger partial charge on any atom is -0.391 e. The van der Waals surface area contributed by atoms with E-state index in [9.17, 15) is 8.42 Å². The van der Waals surface area contributed by atoms with E-state index in [4.69, 9.17) is 9.84 Å². The lowest BCUT2D eigenvalue weighted by Gasteiger charge is -2.37. The van der Waals surface area contributed by atoms with E-state index in [1.54, 1.807) is 13.0 Å². The zero-order valence-corrected chi connectivity index (χ0v) is 13.0. The minimum absolute atomic E-state index is 0.129. The second-order valence-corrected chi connectivity index (χ2v) is 8.49. The van der Waals surface area contributed by atoms with Gasteiger partial charge in [-0.25, -0.2) is 8.42 Å². The second kappa shape index (κ2) is 5.14. The summed E-state index contributed by atoms with van der Waals surface area (Å²) in [5.41, 5.74) is -0.463. The van der Waals surface area contributed by atoms with E-state index in [0.717, 1.165) is 0 Å². The molecule has 1 aromatic heterocycles. The van der Waals surface area contributed by atoms with Crippen molar-refractivity contribution in [1.82, 2.24) is 4.31 Å². The molecule has 1 N–H and O–H groups in total. The van der Waals surface area contributed by atoms with E-state index in [-0.39, 0.29) is 6.61 Å². The molecule has 1 aliphatic heterocycles. The third kappa shape index (κ3) is 3.00. The van der Waals surface area contributed by atoms with E-state index in [1.165, 1.54) is 15.6 Å². The average Bonchev–Trinajstić information content (AvgIpc) is 2.70. The van der Waals surface area contributed by atoms with Crippen LogP contribution in [0.2, 0.25) is 0 Å². The van der Waals surface area contributed by atoms with Crippen LogP contribution in [0.1, 0.15) is 23.6 Å². The Morgan fingerprint density at radius 2 is 2.21 bits per heavy atom. The third-order valence-electron chi connectivity index (χ3n) is 3.09. The molecular formula is C12H19NO4S2. The van der Waals surface area contributed by atoms with Crippen molar-refractivity contribution in [3.05, 3.63) is 15.8 Å². The molecule has 2 heterocycles.